The van der Waals surface area contributed by atoms with Crippen LogP contribution in [0.3, 0.4) is 0 Å². The zero-order valence-electron chi connectivity index (χ0n) is 10.6. The minimum Gasteiger partial charge on any atom is -0.378 e. The largest absolute Gasteiger partial charge is 0.378 e. The molecule has 5 heteroatoms. The van der Waals surface area contributed by atoms with Crippen molar-refractivity contribution in [2.45, 2.75) is 6.04 Å². The third-order valence-corrected chi connectivity index (χ3v) is 3.35. The minimum absolute atomic E-state index is 0.0439. The Labute approximate surface area is 111 Å². The molecule has 2 heterocycles. The van der Waals surface area contributed by atoms with E-state index < -0.39 is 0 Å². The van der Waals surface area contributed by atoms with Crippen molar-refractivity contribution in [3.63, 3.8) is 0 Å². The molecule has 1 aromatic heterocycles. The fourth-order valence-electron chi connectivity index (χ4n) is 2.35. The van der Waals surface area contributed by atoms with Gasteiger partial charge in [0.05, 0.1) is 13.2 Å². The van der Waals surface area contributed by atoms with Crippen LogP contribution in [0.25, 0.3) is 10.9 Å². The molecule has 1 aliphatic heterocycles. The molecule has 100 valence electrons. The van der Waals surface area contributed by atoms with E-state index >= 15 is 0 Å². The summed E-state index contributed by atoms with van der Waals surface area (Å²) in [4.78, 5) is 15.3. The Hall–Kier alpha value is -1.85. The minimum atomic E-state index is -0.0439. The number of aromatic nitrogens is 1. The summed E-state index contributed by atoms with van der Waals surface area (Å²) in [5, 5.41) is 7.22. The lowest BCUT2D eigenvalue weighted by Gasteiger charge is -2.23. The van der Waals surface area contributed by atoms with E-state index in [1.54, 1.807) is 0 Å². The van der Waals surface area contributed by atoms with Crippen LogP contribution in [0.2, 0.25) is 0 Å². The van der Waals surface area contributed by atoms with Gasteiger partial charge in [0, 0.05) is 41.8 Å². The number of H-pyrrole nitrogens is 1. The third kappa shape index (κ3) is 2.62. The zero-order valence-corrected chi connectivity index (χ0v) is 10.6. The van der Waals surface area contributed by atoms with Crippen LogP contribution < -0.4 is 10.6 Å². The number of aromatic amines is 1. The van der Waals surface area contributed by atoms with Crippen molar-refractivity contribution >= 4 is 16.8 Å². The maximum Gasteiger partial charge on any atom is 0.252 e. The molecular formula is C14H17N3O2. The Morgan fingerprint density at radius 2 is 2.37 bits per heavy atom. The van der Waals surface area contributed by atoms with E-state index in [-0.39, 0.29) is 11.9 Å². The predicted octanol–water partition coefficient (Wildman–Crippen LogP) is 0.886. The molecule has 0 aliphatic carbocycles. The highest BCUT2D eigenvalue weighted by Crippen LogP contribution is 2.17. The van der Waals surface area contributed by atoms with Crippen LogP contribution >= 0.6 is 0 Å². The first-order valence-corrected chi connectivity index (χ1v) is 6.50. The van der Waals surface area contributed by atoms with Gasteiger partial charge in [-0.15, -0.1) is 0 Å². The number of nitrogens with one attached hydrogen (secondary N) is 3. The molecule has 3 rings (SSSR count). The van der Waals surface area contributed by atoms with Gasteiger partial charge < -0.3 is 20.4 Å². The molecule has 5 nitrogen and oxygen atoms in total. The first kappa shape index (κ1) is 12.2. The Bertz CT molecular complexity index is 573. The van der Waals surface area contributed by atoms with Crippen LogP contribution in [-0.4, -0.2) is 43.2 Å². The molecule has 1 unspecified atom stereocenters. The summed E-state index contributed by atoms with van der Waals surface area (Å²) >= 11 is 0. The fraction of sp³-hybridized carbons (Fsp3) is 0.357. The summed E-state index contributed by atoms with van der Waals surface area (Å²) in [6.07, 6.45) is 1.85. The van der Waals surface area contributed by atoms with Crippen molar-refractivity contribution in [1.82, 2.24) is 15.6 Å². The Morgan fingerprint density at radius 3 is 3.21 bits per heavy atom. The molecule has 0 bridgehead atoms. The second kappa shape index (κ2) is 5.42. The number of hydrogen-bond acceptors (Lipinski definition) is 3. The van der Waals surface area contributed by atoms with Gasteiger partial charge >= 0.3 is 0 Å². The van der Waals surface area contributed by atoms with E-state index in [9.17, 15) is 4.79 Å². The van der Waals surface area contributed by atoms with Crippen LogP contribution in [0.5, 0.6) is 0 Å². The van der Waals surface area contributed by atoms with Crippen molar-refractivity contribution in [3.8, 4) is 0 Å². The average molecular weight is 259 g/mol. The number of carbonyl (C=O) groups is 1. The zero-order chi connectivity index (χ0) is 13.1. The molecule has 1 saturated heterocycles. The summed E-state index contributed by atoms with van der Waals surface area (Å²) in [5.41, 5.74) is 1.68. The molecule has 2 aromatic rings. The van der Waals surface area contributed by atoms with E-state index in [4.69, 9.17) is 4.74 Å². The normalized spacial score (nSPS) is 19.5. The summed E-state index contributed by atoms with van der Waals surface area (Å²) in [5.74, 6) is -0.0439. The number of benzene rings is 1. The Balaban J connectivity index is 1.68. The first-order valence-electron chi connectivity index (χ1n) is 6.50. The number of amides is 1. The second-order valence-corrected chi connectivity index (χ2v) is 4.68. The number of morpholine rings is 1. The summed E-state index contributed by atoms with van der Waals surface area (Å²) in [6, 6.07) is 7.81. The standard InChI is InChI=1S/C14H17N3O2/c18-14(17-8-10-9-19-7-6-15-10)12-2-1-3-13-11(12)4-5-16-13/h1-5,10,15-16H,6-9H2,(H,17,18). The van der Waals surface area contributed by atoms with Gasteiger partial charge in [0.25, 0.3) is 5.91 Å². The monoisotopic (exact) mass is 259 g/mol. The van der Waals surface area contributed by atoms with Gasteiger partial charge in [0.15, 0.2) is 0 Å². The second-order valence-electron chi connectivity index (χ2n) is 4.68. The van der Waals surface area contributed by atoms with Gasteiger partial charge in [-0.25, -0.2) is 0 Å². The van der Waals surface area contributed by atoms with E-state index in [0.29, 0.717) is 18.7 Å². The number of ether oxygens (including phenoxy) is 1. The van der Waals surface area contributed by atoms with Gasteiger partial charge in [-0.1, -0.05) is 6.07 Å². The van der Waals surface area contributed by atoms with E-state index in [2.05, 4.69) is 15.6 Å². The van der Waals surface area contributed by atoms with Crippen molar-refractivity contribution in [2.24, 2.45) is 0 Å². The number of carbonyl (C=O) groups excluding carboxylic acids is 1. The van der Waals surface area contributed by atoms with Gasteiger partial charge in [0.2, 0.25) is 0 Å². The van der Waals surface area contributed by atoms with E-state index in [1.165, 1.54) is 0 Å². The molecule has 1 aromatic carbocycles. The molecule has 0 saturated carbocycles. The molecule has 0 spiro atoms. The highest BCUT2D eigenvalue weighted by atomic mass is 16.5. The maximum atomic E-state index is 12.2. The summed E-state index contributed by atoms with van der Waals surface area (Å²) in [7, 11) is 0. The van der Waals surface area contributed by atoms with Crippen molar-refractivity contribution in [3.05, 3.63) is 36.0 Å². The van der Waals surface area contributed by atoms with Gasteiger partial charge in [-0.2, -0.15) is 0 Å². The van der Waals surface area contributed by atoms with Crippen LogP contribution in [0.4, 0.5) is 0 Å². The molecule has 1 atom stereocenters. The number of fused-ring (bicyclic) bond motifs is 1. The smallest absolute Gasteiger partial charge is 0.252 e. The lowest BCUT2D eigenvalue weighted by molar-refractivity contribution is 0.0735. The van der Waals surface area contributed by atoms with E-state index in [0.717, 1.165) is 24.1 Å². The lowest BCUT2D eigenvalue weighted by Crippen LogP contribution is -2.48. The van der Waals surface area contributed by atoms with Gasteiger partial charge in [0.1, 0.15) is 0 Å². The lowest BCUT2D eigenvalue weighted by atomic mass is 10.1. The average Bonchev–Trinajstić information content (AvgIpc) is 2.94. The number of hydrogen-bond donors (Lipinski definition) is 3. The van der Waals surface area contributed by atoms with Crippen molar-refractivity contribution in [1.29, 1.82) is 0 Å². The highest BCUT2D eigenvalue weighted by molar-refractivity contribution is 6.06. The van der Waals surface area contributed by atoms with Crippen molar-refractivity contribution in [2.75, 3.05) is 26.3 Å². The topological polar surface area (TPSA) is 66.2 Å². The van der Waals surface area contributed by atoms with Gasteiger partial charge in [-0.3, -0.25) is 4.79 Å². The van der Waals surface area contributed by atoms with Crippen LogP contribution in [0, 0.1) is 0 Å². The molecule has 1 aliphatic rings. The molecule has 0 radical (unpaired) electrons. The van der Waals surface area contributed by atoms with Crippen LogP contribution in [0.1, 0.15) is 10.4 Å². The SMILES string of the molecule is O=C(NCC1COCCN1)c1cccc2[nH]ccc12. The van der Waals surface area contributed by atoms with Crippen molar-refractivity contribution < 1.29 is 9.53 Å². The molecule has 3 N–H and O–H groups in total. The Kier molecular flexibility index (Phi) is 3.48. The maximum absolute atomic E-state index is 12.2. The van der Waals surface area contributed by atoms with E-state index in [1.807, 2.05) is 30.5 Å². The van der Waals surface area contributed by atoms with Crippen LogP contribution in [-0.2, 0) is 4.74 Å². The molecule has 19 heavy (non-hydrogen) atoms. The molecule has 1 amide bonds. The highest BCUT2D eigenvalue weighted by Gasteiger charge is 2.15. The molecular weight excluding hydrogens is 242 g/mol. The summed E-state index contributed by atoms with van der Waals surface area (Å²) in [6.45, 7) is 2.81. The number of rotatable bonds is 3. The quantitative estimate of drug-likeness (QED) is 0.767. The van der Waals surface area contributed by atoms with Gasteiger partial charge in [-0.05, 0) is 18.2 Å². The first-order chi connectivity index (χ1) is 9.34. The Morgan fingerprint density at radius 1 is 1.42 bits per heavy atom. The molecule has 1 fully saturated rings. The third-order valence-electron chi connectivity index (χ3n) is 3.35. The predicted molar refractivity (Wildman–Crippen MR) is 73.2 cm³/mol. The fourth-order valence-corrected chi connectivity index (χ4v) is 2.35. The van der Waals surface area contributed by atoms with Crippen LogP contribution in [0.15, 0.2) is 30.5 Å². The summed E-state index contributed by atoms with van der Waals surface area (Å²) < 4.78 is 5.36.